The maximum Gasteiger partial charge on any atom is 0.214 e. The van der Waals surface area contributed by atoms with Crippen LogP contribution < -0.4 is 0 Å². The van der Waals surface area contributed by atoms with Crippen LogP contribution in [0.25, 0.3) is 0 Å². The molecule has 3 saturated heterocycles. The number of sulfonamides is 1. The summed E-state index contributed by atoms with van der Waals surface area (Å²) < 4.78 is 24.4. The summed E-state index contributed by atoms with van der Waals surface area (Å²) in [5.74, 6) is 0.965. The van der Waals surface area contributed by atoms with Gasteiger partial charge in [0.05, 0.1) is 5.75 Å². The summed E-state index contributed by atoms with van der Waals surface area (Å²) in [6.07, 6.45) is 0.853. The molecule has 2 bridgehead atoms. The van der Waals surface area contributed by atoms with Gasteiger partial charge in [-0.25, -0.2) is 8.42 Å². The highest BCUT2D eigenvalue weighted by molar-refractivity contribution is 7.89. The molecule has 0 amide bonds. The molecule has 0 aliphatic carbocycles. The zero-order chi connectivity index (χ0) is 8.28. The Balaban J connectivity index is 2.38. The maximum atomic E-state index is 11.4. The molecule has 0 N–H and O–H groups in total. The van der Waals surface area contributed by atoms with Gasteiger partial charge in [0, 0.05) is 12.1 Å². The van der Waals surface area contributed by atoms with Gasteiger partial charge >= 0.3 is 0 Å². The van der Waals surface area contributed by atoms with Gasteiger partial charge < -0.3 is 0 Å². The average molecular weight is 175 g/mol. The molecule has 4 heteroatoms. The lowest BCUT2D eigenvalue weighted by atomic mass is 9.78. The monoisotopic (exact) mass is 175 g/mol. The van der Waals surface area contributed by atoms with E-state index in [0.29, 0.717) is 11.7 Å². The van der Waals surface area contributed by atoms with E-state index < -0.39 is 10.0 Å². The Morgan fingerprint density at radius 2 is 2.09 bits per heavy atom. The van der Waals surface area contributed by atoms with E-state index in [1.54, 1.807) is 4.31 Å². The van der Waals surface area contributed by atoms with Crippen LogP contribution in [-0.2, 0) is 10.0 Å². The summed E-state index contributed by atoms with van der Waals surface area (Å²) in [5.41, 5.74) is -0.0862. The first kappa shape index (κ1) is 7.55. The van der Waals surface area contributed by atoms with Crippen LogP contribution in [0.1, 0.15) is 20.3 Å². The predicted octanol–water partition coefficient (Wildman–Crippen LogP) is 0.430. The third-order valence-electron chi connectivity index (χ3n) is 3.09. The lowest BCUT2D eigenvalue weighted by Crippen LogP contribution is -2.69. The van der Waals surface area contributed by atoms with E-state index >= 15 is 0 Å². The standard InChI is InChI=1S/C7H13NO2S/c1-7(2)6-3-4-11(9,10)8(7)5-6/h6H,3-5H2,1-2H3. The molecule has 0 aromatic carbocycles. The van der Waals surface area contributed by atoms with E-state index in [4.69, 9.17) is 0 Å². The van der Waals surface area contributed by atoms with Gasteiger partial charge in [-0.15, -0.1) is 0 Å². The minimum absolute atomic E-state index is 0.0862. The highest BCUT2D eigenvalue weighted by Crippen LogP contribution is 2.44. The van der Waals surface area contributed by atoms with Crippen molar-refractivity contribution in [1.82, 2.24) is 4.31 Å². The van der Waals surface area contributed by atoms with E-state index in [1.165, 1.54) is 0 Å². The topological polar surface area (TPSA) is 37.4 Å². The van der Waals surface area contributed by atoms with Crippen molar-refractivity contribution in [2.45, 2.75) is 25.8 Å². The van der Waals surface area contributed by atoms with E-state index in [9.17, 15) is 8.42 Å². The maximum absolute atomic E-state index is 11.4. The zero-order valence-electron chi connectivity index (χ0n) is 6.87. The van der Waals surface area contributed by atoms with Gasteiger partial charge in [-0.1, -0.05) is 0 Å². The average Bonchev–Trinajstić information content (AvgIpc) is 1.84. The van der Waals surface area contributed by atoms with Crippen molar-refractivity contribution in [2.24, 2.45) is 5.92 Å². The minimum atomic E-state index is -2.87. The molecule has 3 heterocycles. The second-order valence-corrected chi connectivity index (χ2v) is 6.00. The quantitative estimate of drug-likeness (QED) is 0.535. The Morgan fingerprint density at radius 1 is 1.45 bits per heavy atom. The number of fused-ring (bicyclic) bond motifs is 2. The zero-order valence-corrected chi connectivity index (χ0v) is 7.69. The normalized spacial score (nSPS) is 44.5. The lowest BCUT2D eigenvalue weighted by Gasteiger charge is -2.57. The largest absolute Gasteiger partial charge is 0.214 e. The summed E-state index contributed by atoms with van der Waals surface area (Å²) >= 11 is 0. The number of rotatable bonds is 0. The Kier molecular flexibility index (Phi) is 1.24. The summed E-state index contributed by atoms with van der Waals surface area (Å²) in [7, 11) is -2.87. The first-order valence-corrected chi connectivity index (χ1v) is 5.56. The van der Waals surface area contributed by atoms with Crippen molar-refractivity contribution >= 4 is 10.0 Å². The van der Waals surface area contributed by atoms with Gasteiger partial charge in [0.2, 0.25) is 10.0 Å². The Morgan fingerprint density at radius 3 is 2.36 bits per heavy atom. The van der Waals surface area contributed by atoms with Gasteiger partial charge in [-0.05, 0) is 26.2 Å². The Bertz CT molecular complexity index is 279. The molecular weight excluding hydrogens is 162 g/mol. The minimum Gasteiger partial charge on any atom is -0.212 e. The van der Waals surface area contributed by atoms with Crippen LogP contribution >= 0.6 is 0 Å². The highest BCUT2D eigenvalue weighted by Gasteiger charge is 2.55. The Labute approximate surface area is 67.4 Å². The van der Waals surface area contributed by atoms with Crippen molar-refractivity contribution in [3.05, 3.63) is 0 Å². The van der Waals surface area contributed by atoms with Crippen molar-refractivity contribution in [3.8, 4) is 0 Å². The smallest absolute Gasteiger partial charge is 0.212 e. The van der Waals surface area contributed by atoms with Crippen LogP contribution in [0.4, 0.5) is 0 Å². The lowest BCUT2D eigenvalue weighted by molar-refractivity contribution is 0.00512. The molecule has 11 heavy (non-hydrogen) atoms. The second-order valence-electron chi connectivity index (χ2n) is 3.99. The Hall–Kier alpha value is -0.0900. The van der Waals surface area contributed by atoms with Gasteiger partial charge in [0.25, 0.3) is 0 Å². The first-order valence-electron chi connectivity index (χ1n) is 3.95. The summed E-state index contributed by atoms with van der Waals surface area (Å²) in [6.45, 7) is 4.78. The predicted molar refractivity (Wildman–Crippen MR) is 42.7 cm³/mol. The van der Waals surface area contributed by atoms with Crippen LogP contribution in [0.5, 0.6) is 0 Å². The molecule has 3 nitrogen and oxygen atoms in total. The summed E-state index contributed by atoms with van der Waals surface area (Å²) in [6, 6.07) is 0. The third kappa shape index (κ3) is 0.796. The van der Waals surface area contributed by atoms with Gasteiger partial charge in [-0.2, -0.15) is 4.31 Å². The third-order valence-corrected chi connectivity index (χ3v) is 5.13. The van der Waals surface area contributed by atoms with Crippen molar-refractivity contribution in [3.63, 3.8) is 0 Å². The number of hydrogen-bond donors (Lipinski definition) is 0. The molecule has 2 atom stereocenters. The molecular formula is C7H13NO2S. The number of nitrogens with zero attached hydrogens (tertiary/aromatic N) is 1. The second kappa shape index (κ2) is 1.80. The molecule has 2 unspecified atom stereocenters. The molecule has 0 aromatic rings. The van der Waals surface area contributed by atoms with Crippen LogP contribution in [0.2, 0.25) is 0 Å². The van der Waals surface area contributed by atoms with Crippen molar-refractivity contribution in [1.29, 1.82) is 0 Å². The van der Waals surface area contributed by atoms with E-state index in [2.05, 4.69) is 0 Å². The molecule has 3 fully saturated rings. The first-order chi connectivity index (χ1) is 4.94. The molecule has 0 spiro atoms. The molecule has 0 saturated carbocycles. The molecule has 64 valence electrons. The number of hydrogen-bond acceptors (Lipinski definition) is 2. The SMILES string of the molecule is CC1(C)C2CCS(=O)(=O)N1C2. The molecule has 3 rings (SSSR count). The fourth-order valence-electron chi connectivity index (χ4n) is 2.07. The highest BCUT2D eigenvalue weighted by atomic mass is 32.2. The molecule has 0 radical (unpaired) electrons. The van der Waals surface area contributed by atoms with Crippen LogP contribution in [-0.4, -0.2) is 30.6 Å². The molecule has 3 aliphatic rings. The fourth-order valence-corrected chi connectivity index (χ4v) is 4.14. The van der Waals surface area contributed by atoms with Crippen molar-refractivity contribution < 1.29 is 8.42 Å². The van der Waals surface area contributed by atoms with E-state index in [0.717, 1.165) is 13.0 Å². The van der Waals surface area contributed by atoms with Crippen LogP contribution in [0.3, 0.4) is 0 Å². The summed E-state index contributed by atoms with van der Waals surface area (Å²) in [5, 5.41) is 0. The van der Waals surface area contributed by atoms with Crippen LogP contribution in [0.15, 0.2) is 0 Å². The molecule has 3 aliphatic heterocycles. The van der Waals surface area contributed by atoms with Gasteiger partial charge in [-0.3, -0.25) is 0 Å². The van der Waals surface area contributed by atoms with Crippen LogP contribution in [0, 0.1) is 5.92 Å². The fraction of sp³-hybridized carbons (Fsp3) is 1.00. The summed E-state index contributed by atoms with van der Waals surface area (Å²) in [4.78, 5) is 0. The molecule has 0 aromatic heterocycles. The van der Waals surface area contributed by atoms with Crippen molar-refractivity contribution in [2.75, 3.05) is 12.3 Å². The van der Waals surface area contributed by atoms with Gasteiger partial charge in [0.1, 0.15) is 0 Å². The van der Waals surface area contributed by atoms with E-state index in [-0.39, 0.29) is 5.54 Å². The van der Waals surface area contributed by atoms with E-state index in [1.807, 2.05) is 13.8 Å². The van der Waals surface area contributed by atoms with Gasteiger partial charge in [0.15, 0.2) is 0 Å².